The molecule has 4 rings (SSSR count). The highest BCUT2D eigenvalue weighted by Crippen LogP contribution is 2.28. The van der Waals surface area contributed by atoms with Crippen LogP contribution in [-0.2, 0) is 0 Å². The first-order valence-corrected chi connectivity index (χ1v) is 8.60. The molecule has 2 nitrogen and oxygen atoms in total. The molecule has 3 aromatic carbocycles. The van der Waals surface area contributed by atoms with E-state index in [-0.39, 0.29) is 6.04 Å². The van der Waals surface area contributed by atoms with Gasteiger partial charge >= 0.3 is 0 Å². The molecule has 0 saturated carbocycles. The Morgan fingerprint density at radius 2 is 1.36 bits per heavy atom. The van der Waals surface area contributed by atoms with Gasteiger partial charge in [-0.2, -0.15) is 0 Å². The average Bonchev–Trinajstić information content (AvgIpc) is 2.69. The molecule has 0 bridgehead atoms. The van der Waals surface area contributed by atoms with E-state index < -0.39 is 0 Å². The topological polar surface area (TPSA) is 24.4 Å². The average molecular weight is 345 g/mol. The number of aliphatic imine (C=N–C) groups is 1. The fourth-order valence-corrected chi connectivity index (χ4v) is 3.02. The molecule has 0 spiro atoms. The molecule has 1 unspecified atom stereocenters. The summed E-state index contributed by atoms with van der Waals surface area (Å²) in [7, 11) is 0. The maximum Gasteiger partial charge on any atom is 0.133 e. The molecule has 3 aromatic rings. The summed E-state index contributed by atoms with van der Waals surface area (Å²) in [5, 5.41) is 4.21. The maximum absolute atomic E-state index is 6.04. The molecular formula is C22H17ClN2. The van der Waals surface area contributed by atoms with Gasteiger partial charge in [-0.15, -0.1) is 0 Å². The van der Waals surface area contributed by atoms with Crippen LogP contribution in [-0.4, -0.2) is 5.84 Å². The molecule has 1 heterocycles. The lowest BCUT2D eigenvalue weighted by molar-refractivity contribution is 0.880. The van der Waals surface area contributed by atoms with E-state index in [1.54, 1.807) is 0 Å². The Kier molecular flexibility index (Phi) is 4.36. The minimum atomic E-state index is -0.0247. The van der Waals surface area contributed by atoms with E-state index in [4.69, 9.17) is 16.6 Å². The Bertz CT molecular complexity index is 913. The van der Waals surface area contributed by atoms with Gasteiger partial charge in [-0.05, 0) is 29.3 Å². The van der Waals surface area contributed by atoms with Crippen LogP contribution in [0.3, 0.4) is 0 Å². The summed E-state index contributed by atoms with van der Waals surface area (Å²) in [5.41, 5.74) is 4.37. The molecule has 0 fully saturated rings. The van der Waals surface area contributed by atoms with Gasteiger partial charge in [0.05, 0.1) is 6.04 Å². The molecule has 0 aromatic heterocycles. The van der Waals surface area contributed by atoms with Crippen molar-refractivity contribution in [2.75, 3.05) is 0 Å². The van der Waals surface area contributed by atoms with E-state index in [9.17, 15) is 0 Å². The lowest BCUT2D eigenvalue weighted by Gasteiger charge is -2.23. The van der Waals surface area contributed by atoms with Crippen LogP contribution in [0.25, 0.3) is 5.70 Å². The lowest BCUT2D eigenvalue weighted by atomic mass is 10.0. The van der Waals surface area contributed by atoms with Gasteiger partial charge in [-0.25, -0.2) is 0 Å². The zero-order chi connectivity index (χ0) is 17.1. The van der Waals surface area contributed by atoms with Gasteiger partial charge in [0.15, 0.2) is 0 Å². The summed E-state index contributed by atoms with van der Waals surface area (Å²) in [4.78, 5) is 4.92. The van der Waals surface area contributed by atoms with E-state index in [0.717, 1.165) is 27.7 Å². The monoisotopic (exact) mass is 344 g/mol. The second-order valence-electron chi connectivity index (χ2n) is 5.91. The summed E-state index contributed by atoms with van der Waals surface area (Å²) in [6.07, 6.45) is 2.16. The summed E-state index contributed by atoms with van der Waals surface area (Å²) in [5.74, 6) is 0.877. The Balaban J connectivity index is 1.77. The van der Waals surface area contributed by atoms with Gasteiger partial charge in [-0.1, -0.05) is 84.4 Å². The molecule has 0 radical (unpaired) electrons. The first-order chi connectivity index (χ1) is 12.3. The van der Waals surface area contributed by atoms with Crippen LogP contribution in [0, 0.1) is 0 Å². The van der Waals surface area contributed by atoms with Crippen molar-refractivity contribution in [1.82, 2.24) is 5.32 Å². The summed E-state index contributed by atoms with van der Waals surface area (Å²) >= 11 is 6.04. The molecule has 25 heavy (non-hydrogen) atoms. The molecule has 1 atom stereocenters. The van der Waals surface area contributed by atoms with Crippen molar-refractivity contribution in [3.8, 4) is 0 Å². The molecule has 0 aliphatic carbocycles. The Labute approximate surface area is 152 Å². The SMILES string of the molecule is Clc1ccc(C2=CC(c3ccccc3)N=C(c3ccccc3)N2)cc1. The normalized spacial score (nSPS) is 16.6. The van der Waals surface area contributed by atoms with Gasteiger partial charge in [0.2, 0.25) is 0 Å². The van der Waals surface area contributed by atoms with E-state index in [0.29, 0.717) is 0 Å². The van der Waals surface area contributed by atoms with Crippen molar-refractivity contribution in [2.24, 2.45) is 4.99 Å². The van der Waals surface area contributed by atoms with Crippen LogP contribution >= 0.6 is 11.6 Å². The van der Waals surface area contributed by atoms with E-state index in [2.05, 4.69) is 35.7 Å². The van der Waals surface area contributed by atoms with Crippen LogP contribution in [0.5, 0.6) is 0 Å². The fourth-order valence-electron chi connectivity index (χ4n) is 2.90. The van der Waals surface area contributed by atoms with Gasteiger partial charge < -0.3 is 5.32 Å². The van der Waals surface area contributed by atoms with Crippen LogP contribution in [0.4, 0.5) is 0 Å². The number of nitrogens with zero attached hydrogens (tertiary/aromatic N) is 1. The maximum atomic E-state index is 6.04. The quantitative estimate of drug-likeness (QED) is 0.669. The van der Waals surface area contributed by atoms with Crippen molar-refractivity contribution >= 4 is 23.1 Å². The first-order valence-electron chi connectivity index (χ1n) is 8.22. The summed E-state index contributed by atoms with van der Waals surface area (Å²) < 4.78 is 0. The minimum Gasteiger partial charge on any atom is -0.340 e. The van der Waals surface area contributed by atoms with E-state index in [1.807, 2.05) is 60.7 Å². The van der Waals surface area contributed by atoms with Gasteiger partial charge in [0.1, 0.15) is 5.84 Å². The third-order valence-electron chi connectivity index (χ3n) is 4.19. The van der Waals surface area contributed by atoms with Gasteiger partial charge in [-0.3, -0.25) is 4.99 Å². The molecule has 1 aliphatic rings. The van der Waals surface area contributed by atoms with Crippen LogP contribution < -0.4 is 5.32 Å². The van der Waals surface area contributed by atoms with Gasteiger partial charge in [0, 0.05) is 16.3 Å². The fraction of sp³-hybridized carbons (Fsp3) is 0.0455. The number of rotatable bonds is 3. The van der Waals surface area contributed by atoms with Crippen LogP contribution in [0.15, 0.2) is 96.0 Å². The van der Waals surface area contributed by atoms with Crippen LogP contribution in [0.2, 0.25) is 5.02 Å². The number of halogens is 1. The third-order valence-corrected chi connectivity index (χ3v) is 4.44. The number of hydrogen-bond donors (Lipinski definition) is 1. The second-order valence-corrected chi connectivity index (χ2v) is 6.35. The molecule has 1 N–H and O–H groups in total. The van der Waals surface area contributed by atoms with Crippen molar-refractivity contribution in [1.29, 1.82) is 0 Å². The zero-order valence-electron chi connectivity index (χ0n) is 13.6. The smallest absolute Gasteiger partial charge is 0.133 e. The summed E-state index contributed by atoms with van der Waals surface area (Å²) in [6.45, 7) is 0. The largest absolute Gasteiger partial charge is 0.340 e. The second kappa shape index (κ2) is 6.96. The number of nitrogens with one attached hydrogen (secondary N) is 1. The van der Waals surface area contributed by atoms with Crippen molar-refractivity contribution in [2.45, 2.75) is 6.04 Å². The Morgan fingerprint density at radius 1 is 0.720 bits per heavy atom. The zero-order valence-corrected chi connectivity index (χ0v) is 14.3. The van der Waals surface area contributed by atoms with Crippen LogP contribution in [0.1, 0.15) is 22.7 Å². The minimum absolute atomic E-state index is 0.0247. The molecule has 122 valence electrons. The highest BCUT2D eigenvalue weighted by molar-refractivity contribution is 6.30. The third kappa shape index (κ3) is 3.49. The molecule has 3 heteroatoms. The first kappa shape index (κ1) is 15.7. The van der Waals surface area contributed by atoms with Crippen molar-refractivity contribution in [3.05, 3.63) is 113 Å². The lowest BCUT2D eigenvalue weighted by Crippen LogP contribution is -2.27. The molecular weight excluding hydrogens is 328 g/mol. The summed E-state index contributed by atoms with van der Waals surface area (Å²) in [6, 6.07) is 28.4. The van der Waals surface area contributed by atoms with Crippen molar-refractivity contribution in [3.63, 3.8) is 0 Å². The Hall–Kier alpha value is -2.84. The number of benzene rings is 3. The van der Waals surface area contributed by atoms with Crippen molar-refractivity contribution < 1.29 is 0 Å². The highest BCUT2D eigenvalue weighted by Gasteiger charge is 2.18. The molecule has 1 aliphatic heterocycles. The number of hydrogen-bond acceptors (Lipinski definition) is 2. The van der Waals surface area contributed by atoms with E-state index in [1.165, 1.54) is 5.56 Å². The van der Waals surface area contributed by atoms with Gasteiger partial charge in [0.25, 0.3) is 0 Å². The number of amidine groups is 1. The predicted molar refractivity (Wildman–Crippen MR) is 105 cm³/mol. The predicted octanol–water partition coefficient (Wildman–Crippen LogP) is 5.47. The molecule has 0 saturated heterocycles. The Morgan fingerprint density at radius 3 is 2.04 bits per heavy atom. The van der Waals surface area contributed by atoms with E-state index >= 15 is 0 Å². The molecule has 0 amide bonds. The highest BCUT2D eigenvalue weighted by atomic mass is 35.5. The standard InChI is InChI=1S/C22H17ClN2/c23-19-13-11-17(12-14-19)21-15-20(16-7-3-1-4-8-16)24-22(25-21)18-9-5-2-6-10-18/h1-15,20H,(H,24,25).